The lowest BCUT2D eigenvalue weighted by Gasteiger charge is -2.24. The van der Waals surface area contributed by atoms with Crippen molar-refractivity contribution in [3.8, 4) is 0 Å². The molecular formula is C13H22N4O3. The summed E-state index contributed by atoms with van der Waals surface area (Å²) >= 11 is 0. The Labute approximate surface area is 118 Å². The lowest BCUT2D eigenvalue weighted by atomic mass is 10.2. The summed E-state index contributed by atoms with van der Waals surface area (Å²) in [6, 6.07) is -0.0187. The average Bonchev–Trinajstić information content (AvgIpc) is 2.89. The van der Waals surface area contributed by atoms with Crippen molar-refractivity contribution >= 4 is 17.8 Å². The van der Waals surface area contributed by atoms with E-state index in [0.717, 1.165) is 12.8 Å². The molecule has 0 aromatic rings. The Hall–Kier alpha value is -1.79. The van der Waals surface area contributed by atoms with Gasteiger partial charge in [-0.15, -0.1) is 0 Å². The van der Waals surface area contributed by atoms with Crippen molar-refractivity contribution in [1.29, 1.82) is 0 Å². The predicted molar refractivity (Wildman–Crippen MR) is 72.5 cm³/mol. The second-order valence-electron chi connectivity index (χ2n) is 5.50. The molecular weight excluding hydrogens is 260 g/mol. The number of urea groups is 1. The van der Waals surface area contributed by atoms with Gasteiger partial charge < -0.3 is 20.4 Å². The van der Waals surface area contributed by atoms with Gasteiger partial charge in [0.25, 0.3) is 0 Å². The molecule has 7 nitrogen and oxygen atoms in total. The van der Waals surface area contributed by atoms with E-state index in [9.17, 15) is 14.4 Å². The molecule has 20 heavy (non-hydrogen) atoms. The fraction of sp³-hybridized carbons (Fsp3) is 0.769. The van der Waals surface area contributed by atoms with E-state index in [4.69, 9.17) is 0 Å². The Balaban J connectivity index is 1.70. The molecule has 2 N–H and O–H groups in total. The van der Waals surface area contributed by atoms with Crippen LogP contribution < -0.4 is 10.6 Å². The van der Waals surface area contributed by atoms with Crippen molar-refractivity contribution < 1.29 is 14.4 Å². The fourth-order valence-electron chi connectivity index (χ4n) is 2.62. The highest BCUT2D eigenvalue weighted by molar-refractivity contribution is 5.81. The maximum Gasteiger partial charge on any atom is 0.317 e. The summed E-state index contributed by atoms with van der Waals surface area (Å²) in [5.74, 6) is 0.141. The van der Waals surface area contributed by atoms with Crippen LogP contribution in [0.1, 0.15) is 39.5 Å². The van der Waals surface area contributed by atoms with Crippen LogP contribution >= 0.6 is 0 Å². The van der Waals surface area contributed by atoms with Gasteiger partial charge in [-0.05, 0) is 26.7 Å². The third kappa shape index (κ3) is 3.20. The predicted octanol–water partition coefficient (Wildman–Crippen LogP) is 0.222. The zero-order chi connectivity index (χ0) is 14.7. The lowest BCUT2D eigenvalue weighted by Crippen LogP contribution is -2.49. The maximum absolute atomic E-state index is 11.7. The minimum atomic E-state index is -0.358. The van der Waals surface area contributed by atoms with Gasteiger partial charge in [-0.3, -0.25) is 9.59 Å². The van der Waals surface area contributed by atoms with Gasteiger partial charge in [-0.2, -0.15) is 0 Å². The smallest absolute Gasteiger partial charge is 0.317 e. The summed E-state index contributed by atoms with van der Waals surface area (Å²) in [7, 11) is 0. The van der Waals surface area contributed by atoms with E-state index in [-0.39, 0.29) is 43.3 Å². The minimum absolute atomic E-state index is 0.0705. The second-order valence-corrected chi connectivity index (χ2v) is 5.50. The molecule has 2 unspecified atom stereocenters. The summed E-state index contributed by atoms with van der Waals surface area (Å²) in [6.07, 6.45) is 2.76. The highest BCUT2D eigenvalue weighted by Gasteiger charge is 2.28. The quantitative estimate of drug-likeness (QED) is 0.774. The number of hydrogen-bond acceptors (Lipinski definition) is 3. The molecule has 2 heterocycles. The van der Waals surface area contributed by atoms with Crippen molar-refractivity contribution in [3.05, 3.63) is 0 Å². The van der Waals surface area contributed by atoms with E-state index >= 15 is 0 Å². The normalized spacial score (nSPS) is 26.3. The van der Waals surface area contributed by atoms with Crippen LogP contribution in [-0.4, -0.2) is 53.1 Å². The number of carbonyl (C=O) groups is 3. The molecule has 0 saturated carbocycles. The first-order valence-corrected chi connectivity index (χ1v) is 7.09. The summed E-state index contributed by atoms with van der Waals surface area (Å²) in [5.41, 5.74) is 0. The van der Waals surface area contributed by atoms with Crippen LogP contribution in [0.25, 0.3) is 0 Å². The monoisotopic (exact) mass is 282 g/mol. The molecule has 4 amide bonds. The van der Waals surface area contributed by atoms with E-state index < -0.39 is 0 Å². The van der Waals surface area contributed by atoms with E-state index in [0.29, 0.717) is 12.8 Å². The largest absolute Gasteiger partial charge is 0.322 e. The van der Waals surface area contributed by atoms with Gasteiger partial charge in [-0.25, -0.2) is 4.79 Å². The molecule has 2 saturated heterocycles. The van der Waals surface area contributed by atoms with Gasteiger partial charge in [0.15, 0.2) is 0 Å². The van der Waals surface area contributed by atoms with Crippen LogP contribution in [0, 0.1) is 0 Å². The van der Waals surface area contributed by atoms with Crippen molar-refractivity contribution in [3.63, 3.8) is 0 Å². The van der Waals surface area contributed by atoms with Crippen molar-refractivity contribution in [2.45, 2.75) is 51.6 Å². The highest BCUT2D eigenvalue weighted by Crippen LogP contribution is 2.17. The molecule has 0 aromatic carbocycles. The molecule has 0 spiro atoms. The molecule has 0 aliphatic carbocycles. The standard InChI is InChI=1S/C13H22N4O3/c1-9-3-5-11(18)16(9)7-14-13(20)15-8-17-10(2)4-6-12(17)19/h9-10H,3-8H2,1-2H3,(H2,14,15,20). The molecule has 0 bridgehead atoms. The van der Waals surface area contributed by atoms with E-state index in [2.05, 4.69) is 10.6 Å². The summed E-state index contributed by atoms with van der Waals surface area (Å²) in [5, 5.41) is 5.31. The topological polar surface area (TPSA) is 81.8 Å². The van der Waals surface area contributed by atoms with Gasteiger partial charge in [0.05, 0.1) is 13.3 Å². The van der Waals surface area contributed by atoms with E-state index in [1.54, 1.807) is 9.80 Å². The highest BCUT2D eigenvalue weighted by atomic mass is 16.2. The Morgan fingerprint density at radius 3 is 1.70 bits per heavy atom. The first-order chi connectivity index (χ1) is 9.49. The number of amides is 4. The molecule has 2 aliphatic heterocycles. The summed E-state index contributed by atoms with van der Waals surface area (Å²) in [6.45, 7) is 4.37. The molecule has 0 aromatic heterocycles. The third-order valence-corrected chi connectivity index (χ3v) is 4.08. The number of nitrogens with zero attached hydrogens (tertiary/aromatic N) is 2. The molecule has 112 valence electrons. The number of rotatable bonds is 4. The molecule has 2 aliphatic rings. The van der Waals surface area contributed by atoms with Crippen LogP contribution in [0.4, 0.5) is 4.79 Å². The van der Waals surface area contributed by atoms with Gasteiger partial charge >= 0.3 is 6.03 Å². The number of hydrogen-bond donors (Lipinski definition) is 2. The Morgan fingerprint density at radius 1 is 1.00 bits per heavy atom. The Bertz CT molecular complexity index is 376. The van der Waals surface area contributed by atoms with Crippen LogP contribution in [0.3, 0.4) is 0 Å². The zero-order valence-corrected chi connectivity index (χ0v) is 12.0. The lowest BCUT2D eigenvalue weighted by molar-refractivity contribution is -0.129. The van der Waals surface area contributed by atoms with Crippen LogP contribution in [0.2, 0.25) is 0 Å². The minimum Gasteiger partial charge on any atom is -0.322 e. The molecule has 2 fully saturated rings. The zero-order valence-electron chi connectivity index (χ0n) is 12.0. The van der Waals surface area contributed by atoms with Crippen molar-refractivity contribution in [2.75, 3.05) is 13.3 Å². The van der Waals surface area contributed by atoms with Gasteiger partial charge in [-0.1, -0.05) is 0 Å². The van der Waals surface area contributed by atoms with Crippen LogP contribution in [0.15, 0.2) is 0 Å². The van der Waals surface area contributed by atoms with Gasteiger partial charge in [0, 0.05) is 24.9 Å². The average molecular weight is 282 g/mol. The van der Waals surface area contributed by atoms with Crippen molar-refractivity contribution in [1.82, 2.24) is 20.4 Å². The third-order valence-electron chi connectivity index (χ3n) is 4.08. The summed E-state index contributed by atoms with van der Waals surface area (Å²) in [4.78, 5) is 38.1. The van der Waals surface area contributed by atoms with E-state index in [1.807, 2.05) is 13.8 Å². The van der Waals surface area contributed by atoms with Crippen LogP contribution in [0.5, 0.6) is 0 Å². The molecule has 0 radical (unpaired) electrons. The first kappa shape index (κ1) is 14.6. The van der Waals surface area contributed by atoms with Gasteiger partial charge in [0.2, 0.25) is 11.8 Å². The van der Waals surface area contributed by atoms with Crippen molar-refractivity contribution in [2.24, 2.45) is 0 Å². The van der Waals surface area contributed by atoms with Crippen LogP contribution in [-0.2, 0) is 9.59 Å². The summed E-state index contributed by atoms with van der Waals surface area (Å²) < 4.78 is 0. The first-order valence-electron chi connectivity index (χ1n) is 7.09. The Kier molecular flexibility index (Phi) is 4.46. The molecule has 2 rings (SSSR count). The molecule has 2 atom stereocenters. The number of likely N-dealkylation sites (tertiary alicyclic amines) is 2. The van der Waals surface area contributed by atoms with E-state index in [1.165, 1.54) is 0 Å². The number of carbonyl (C=O) groups excluding carboxylic acids is 3. The Morgan fingerprint density at radius 2 is 1.40 bits per heavy atom. The fourth-order valence-corrected chi connectivity index (χ4v) is 2.62. The SMILES string of the molecule is CC1CCC(=O)N1CNC(=O)NCN1C(=O)CCC1C. The number of nitrogens with one attached hydrogen (secondary N) is 2. The molecule has 7 heteroatoms. The van der Waals surface area contributed by atoms with Gasteiger partial charge in [0.1, 0.15) is 0 Å². The second kappa shape index (κ2) is 6.11. The maximum atomic E-state index is 11.7.